The summed E-state index contributed by atoms with van der Waals surface area (Å²) < 4.78 is 0. The van der Waals surface area contributed by atoms with Crippen molar-refractivity contribution < 1.29 is 0 Å². The molecule has 0 spiro atoms. The minimum absolute atomic E-state index is 0.879. The molecule has 1 aliphatic rings. The number of benzene rings is 1. The summed E-state index contributed by atoms with van der Waals surface area (Å²) in [4.78, 5) is 10.3. The molecule has 1 aliphatic heterocycles. The van der Waals surface area contributed by atoms with E-state index in [1.807, 2.05) is 7.05 Å². The molecule has 2 heterocycles. The van der Waals surface area contributed by atoms with Crippen LogP contribution in [0.25, 0.3) is 10.9 Å². The van der Waals surface area contributed by atoms with E-state index in [4.69, 9.17) is 0 Å². The molecule has 0 amide bonds. The third-order valence-electron chi connectivity index (χ3n) is 5.09. The molecule has 1 fully saturated rings. The Labute approximate surface area is 150 Å². The number of hydrogen-bond donors (Lipinski definition) is 3. The van der Waals surface area contributed by atoms with Crippen LogP contribution in [0.4, 0.5) is 0 Å². The predicted octanol–water partition coefficient (Wildman–Crippen LogP) is 2.67. The Kier molecular flexibility index (Phi) is 6.34. The van der Waals surface area contributed by atoms with Crippen molar-refractivity contribution in [1.29, 1.82) is 0 Å². The van der Waals surface area contributed by atoms with Crippen LogP contribution in [0.5, 0.6) is 0 Å². The molecule has 3 rings (SSSR count). The molecule has 1 saturated heterocycles. The highest BCUT2D eigenvalue weighted by molar-refractivity contribution is 5.86. The van der Waals surface area contributed by atoms with Gasteiger partial charge in [0.05, 0.1) is 0 Å². The number of nitrogens with one attached hydrogen (secondary N) is 3. The number of guanidine groups is 1. The first-order chi connectivity index (χ1) is 12.3. The van der Waals surface area contributed by atoms with Crippen LogP contribution in [0, 0.1) is 6.92 Å². The van der Waals surface area contributed by atoms with Gasteiger partial charge >= 0.3 is 0 Å². The van der Waals surface area contributed by atoms with Crippen LogP contribution in [-0.4, -0.2) is 55.6 Å². The van der Waals surface area contributed by atoms with E-state index in [0.29, 0.717) is 0 Å². The Morgan fingerprint density at radius 1 is 1.16 bits per heavy atom. The second kappa shape index (κ2) is 8.90. The first-order valence-electron chi connectivity index (χ1n) is 9.50. The molecular formula is C20H31N5. The number of hydrogen-bond acceptors (Lipinski definition) is 2. The topological polar surface area (TPSA) is 55.5 Å². The van der Waals surface area contributed by atoms with E-state index in [2.05, 4.69) is 56.8 Å². The number of aliphatic imine (C=N–C) groups is 1. The van der Waals surface area contributed by atoms with Gasteiger partial charge in [0.2, 0.25) is 0 Å². The maximum Gasteiger partial charge on any atom is 0.191 e. The summed E-state index contributed by atoms with van der Waals surface area (Å²) in [6.07, 6.45) is 7.19. The lowest BCUT2D eigenvalue weighted by Gasteiger charge is -2.26. The van der Waals surface area contributed by atoms with Gasteiger partial charge in [-0.25, -0.2) is 0 Å². The van der Waals surface area contributed by atoms with Gasteiger partial charge in [-0.15, -0.1) is 0 Å². The summed E-state index contributed by atoms with van der Waals surface area (Å²) in [5.74, 6) is 0.896. The number of H-pyrrole nitrogens is 1. The molecule has 5 heteroatoms. The zero-order chi connectivity index (χ0) is 17.5. The monoisotopic (exact) mass is 341 g/mol. The fraction of sp³-hybridized carbons (Fsp3) is 0.550. The maximum atomic E-state index is 4.33. The van der Waals surface area contributed by atoms with Gasteiger partial charge in [0, 0.05) is 43.8 Å². The van der Waals surface area contributed by atoms with Crippen molar-refractivity contribution in [3.8, 4) is 0 Å². The first kappa shape index (κ1) is 17.8. The van der Waals surface area contributed by atoms with E-state index in [0.717, 1.165) is 32.0 Å². The number of fused-ring (bicyclic) bond motifs is 1. The molecule has 25 heavy (non-hydrogen) atoms. The largest absolute Gasteiger partial charge is 0.361 e. The van der Waals surface area contributed by atoms with Crippen molar-refractivity contribution in [2.75, 3.05) is 39.8 Å². The minimum Gasteiger partial charge on any atom is -0.361 e. The zero-order valence-corrected chi connectivity index (χ0v) is 15.6. The number of piperidine rings is 1. The lowest BCUT2D eigenvalue weighted by atomic mass is 10.1. The predicted molar refractivity (Wildman–Crippen MR) is 106 cm³/mol. The van der Waals surface area contributed by atoms with Gasteiger partial charge in [0.15, 0.2) is 5.96 Å². The van der Waals surface area contributed by atoms with Crippen LogP contribution in [0.3, 0.4) is 0 Å². The van der Waals surface area contributed by atoms with E-state index >= 15 is 0 Å². The number of aromatic amines is 1. The van der Waals surface area contributed by atoms with Crippen molar-refractivity contribution in [3.63, 3.8) is 0 Å². The first-order valence-corrected chi connectivity index (χ1v) is 9.50. The summed E-state index contributed by atoms with van der Waals surface area (Å²) >= 11 is 0. The molecule has 0 bridgehead atoms. The van der Waals surface area contributed by atoms with E-state index in [9.17, 15) is 0 Å². The van der Waals surface area contributed by atoms with Gasteiger partial charge in [-0.05, 0) is 50.4 Å². The van der Waals surface area contributed by atoms with Crippen LogP contribution in [0.15, 0.2) is 29.4 Å². The third kappa shape index (κ3) is 4.75. The molecule has 1 aromatic carbocycles. The Bertz CT molecular complexity index is 697. The quantitative estimate of drug-likeness (QED) is 0.559. The normalized spacial score (nSPS) is 16.3. The number of nitrogens with zero attached hydrogens (tertiary/aromatic N) is 2. The smallest absolute Gasteiger partial charge is 0.191 e. The van der Waals surface area contributed by atoms with Crippen LogP contribution >= 0.6 is 0 Å². The standard InChI is InChI=1S/C20H31N5/c1-16-7-6-8-18-17(15-24-19(16)18)9-10-22-20(21-2)23-11-14-25-12-4-3-5-13-25/h6-8,15,24H,3-5,9-14H2,1-2H3,(H2,21,22,23). The molecule has 136 valence electrons. The summed E-state index contributed by atoms with van der Waals surface area (Å²) in [6, 6.07) is 6.47. The molecule has 2 aromatic rings. The fourth-order valence-corrected chi connectivity index (χ4v) is 3.62. The molecule has 0 unspecified atom stereocenters. The van der Waals surface area contributed by atoms with E-state index in [1.54, 1.807) is 0 Å². The highest BCUT2D eigenvalue weighted by atomic mass is 15.2. The van der Waals surface area contributed by atoms with Gasteiger partial charge in [0.25, 0.3) is 0 Å². The molecule has 0 saturated carbocycles. The van der Waals surface area contributed by atoms with Crippen molar-refractivity contribution >= 4 is 16.9 Å². The highest BCUT2D eigenvalue weighted by Gasteiger charge is 2.09. The fourth-order valence-electron chi connectivity index (χ4n) is 3.62. The van der Waals surface area contributed by atoms with Crippen molar-refractivity contribution in [2.45, 2.75) is 32.6 Å². The molecule has 3 N–H and O–H groups in total. The van der Waals surface area contributed by atoms with E-state index < -0.39 is 0 Å². The SMILES string of the molecule is CN=C(NCCc1c[nH]c2c(C)cccc12)NCCN1CCCCC1. The Morgan fingerprint density at radius 2 is 1.96 bits per heavy atom. The summed E-state index contributed by atoms with van der Waals surface area (Å²) in [7, 11) is 1.84. The molecular weight excluding hydrogens is 310 g/mol. The van der Waals surface area contributed by atoms with E-state index in [-0.39, 0.29) is 0 Å². The number of para-hydroxylation sites is 1. The summed E-state index contributed by atoms with van der Waals surface area (Å²) in [5.41, 5.74) is 3.91. The van der Waals surface area contributed by atoms with Gasteiger partial charge in [0.1, 0.15) is 0 Å². The van der Waals surface area contributed by atoms with Crippen molar-refractivity contribution in [1.82, 2.24) is 20.5 Å². The third-order valence-corrected chi connectivity index (χ3v) is 5.09. The highest BCUT2D eigenvalue weighted by Crippen LogP contribution is 2.21. The zero-order valence-electron chi connectivity index (χ0n) is 15.6. The number of likely N-dealkylation sites (tertiary alicyclic amines) is 1. The minimum atomic E-state index is 0.879. The Balaban J connectivity index is 1.42. The van der Waals surface area contributed by atoms with Crippen molar-refractivity contribution in [3.05, 3.63) is 35.5 Å². The molecule has 5 nitrogen and oxygen atoms in total. The van der Waals surface area contributed by atoms with E-state index in [1.165, 1.54) is 54.4 Å². The molecule has 1 aromatic heterocycles. The molecule has 0 aliphatic carbocycles. The van der Waals surface area contributed by atoms with Crippen LogP contribution in [0.1, 0.15) is 30.4 Å². The van der Waals surface area contributed by atoms with Crippen LogP contribution in [-0.2, 0) is 6.42 Å². The Morgan fingerprint density at radius 3 is 2.76 bits per heavy atom. The van der Waals surface area contributed by atoms with Crippen molar-refractivity contribution in [2.24, 2.45) is 4.99 Å². The van der Waals surface area contributed by atoms with Crippen LogP contribution < -0.4 is 10.6 Å². The number of aromatic nitrogens is 1. The van der Waals surface area contributed by atoms with Gasteiger partial charge in [-0.1, -0.05) is 24.6 Å². The number of aryl methyl sites for hydroxylation is 1. The molecule has 0 radical (unpaired) electrons. The second-order valence-corrected chi connectivity index (χ2v) is 6.89. The maximum absolute atomic E-state index is 4.33. The summed E-state index contributed by atoms with van der Waals surface area (Å²) in [5, 5.41) is 8.19. The van der Waals surface area contributed by atoms with Gasteiger partial charge in [-0.2, -0.15) is 0 Å². The van der Waals surface area contributed by atoms with Gasteiger partial charge < -0.3 is 20.5 Å². The summed E-state index contributed by atoms with van der Waals surface area (Å²) in [6.45, 7) is 7.56. The van der Waals surface area contributed by atoms with Gasteiger partial charge in [-0.3, -0.25) is 4.99 Å². The lowest BCUT2D eigenvalue weighted by Crippen LogP contribution is -2.43. The van der Waals surface area contributed by atoms with Crippen LogP contribution in [0.2, 0.25) is 0 Å². The number of rotatable bonds is 6. The average molecular weight is 342 g/mol. The molecule has 0 atom stereocenters. The second-order valence-electron chi connectivity index (χ2n) is 6.89. The Hall–Kier alpha value is -2.01. The lowest BCUT2D eigenvalue weighted by molar-refractivity contribution is 0.232. The average Bonchev–Trinajstić information content (AvgIpc) is 3.06.